The Morgan fingerprint density at radius 2 is 2.16 bits per heavy atom. The zero-order valence-corrected chi connectivity index (χ0v) is 11.3. The lowest BCUT2D eigenvalue weighted by molar-refractivity contribution is 0.214. The van der Waals surface area contributed by atoms with Crippen LogP contribution in [0.5, 0.6) is 5.75 Å². The maximum absolute atomic E-state index is 10.2. The third kappa shape index (κ3) is 3.66. The summed E-state index contributed by atoms with van der Waals surface area (Å²) in [5, 5.41) is 10.8. The second-order valence-corrected chi connectivity index (χ2v) is 4.54. The van der Waals surface area contributed by atoms with E-state index in [0.717, 1.165) is 6.42 Å². The summed E-state index contributed by atoms with van der Waals surface area (Å²) in [6.45, 7) is 2.66. The Morgan fingerprint density at radius 1 is 1.32 bits per heavy atom. The zero-order valence-electron chi connectivity index (χ0n) is 10.6. The van der Waals surface area contributed by atoms with E-state index >= 15 is 0 Å². The molecule has 4 nitrogen and oxygen atoms in total. The molecule has 19 heavy (non-hydrogen) atoms. The number of halogens is 1. The highest BCUT2D eigenvalue weighted by Gasteiger charge is 2.13. The fraction of sp³-hybridized carbons (Fsp3) is 0.286. The first-order chi connectivity index (χ1) is 9.20. The molecule has 0 aliphatic carbocycles. The molecule has 0 aliphatic rings. The van der Waals surface area contributed by atoms with Crippen LogP contribution < -0.4 is 4.74 Å². The van der Waals surface area contributed by atoms with Crippen LogP contribution >= 0.6 is 11.6 Å². The summed E-state index contributed by atoms with van der Waals surface area (Å²) in [7, 11) is 0. The van der Waals surface area contributed by atoms with Crippen LogP contribution in [-0.2, 0) is 0 Å². The van der Waals surface area contributed by atoms with Gasteiger partial charge in [0.25, 0.3) is 0 Å². The van der Waals surface area contributed by atoms with E-state index in [1.807, 2.05) is 6.92 Å². The fourth-order valence-electron chi connectivity index (χ4n) is 1.60. The number of rotatable bonds is 5. The normalized spacial score (nSPS) is 12.2. The van der Waals surface area contributed by atoms with Gasteiger partial charge in [-0.25, -0.2) is 0 Å². The van der Waals surface area contributed by atoms with Crippen molar-refractivity contribution in [2.45, 2.75) is 19.4 Å². The van der Waals surface area contributed by atoms with Crippen LogP contribution in [0.4, 0.5) is 0 Å². The SMILES string of the molecule is CCCOc1cncc(C(O)c2ccc(Cl)cn2)c1. The highest BCUT2D eigenvalue weighted by Crippen LogP contribution is 2.23. The predicted molar refractivity (Wildman–Crippen MR) is 73.3 cm³/mol. The van der Waals surface area contributed by atoms with Gasteiger partial charge in [-0.05, 0) is 24.6 Å². The quantitative estimate of drug-likeness (QED) is 0.913. The van der Waals surface area contributed by atoms with Gasteiger partial charge in [0.2, 0.25) is 0 Å². The Kier molecular flexibility index (Phi) is 4.71. The van der Waals surface area contributed by atoms with Crippen molar-refractivity contribution in [1.29, 1.82) is 0 Å². The minimum absolute atomic E-state index is 0.527. The van der Waals surface area contributed by atoms with Gasteiger partial charge in [0.1, 0.15) is 11.9 Å². The molecule has 0 aromatic carbocycles. The number of hydrogen-bond donors (Lipinski definition) is 1. The molecule has 0 fully saturated rings. The van der Waals surface area contributed by atoms with Gasteiger partial charge in [-0.2, -0.15) is 0 Å². The minimum Gasteiger partial charge on any atom is -0.492 e. The molecular formula is C14H15ClN2O2. The molecule has 0 amide bonds. The Bertz CT molecular complexity index is 531. The topological polar surface area (TPSA) is 55.2 Å². The van der Waals surface area contributed by atoms with Crippen molar-refractivity contribution in [3.05, 3.63) is 53.1 Å². The number of hydrogen-bond acceptors (Lipinski definition) is 4. The molecule has 0 radical (unpaired) electrons. The molecule has 1 atom stereocenters. The van der Waals surface area contributed by atoms with E-state index in [4.69, 9.17) is 16.3 Å². The van der Waals surface area contributed by atoms with E-state index in [-0.39, 0.29) is 0 Å². The van der Waals surface area contributed by atoms with Gasteiger partial charge in [-0.3, -0.25) is 9.97 Å². The van der Waals surface area contributed by atoms with Gasteiger partial charge in [0.05, 0.1) is 23.5 Å². The van der Waals surface area contributed by atoms with Crippen molar-refractivity contribution < 1.29 is 9.84 Å². The van der Waals surface area contributed by atoms with Crippen LogP contribution in [0.3, 0.4) is 0 Å². The van der Waals surface area contributed by atoms with Gasteiger partial charge in [-0.15, -0.1) is 0 Å². The van der Waals surface area contributed by atoms with Crippen LogP contribution in [0.25, 0.3) is 0 Å². The molecule has 2 aromatic rings. The molecule has 1 unspecified atom stereocenters. The molecule has 2 rings (SSSR count). The Hall–Kier alpha value is -1.65. The summed E-state index contributed by atoms with van der Waals surface area (Å²) >= 11 is 5.77. The van der Waals surface area contributed by atoms with Crippen molar-refractivity contribution in [2.24, 2.45) is 0 Å². The van der Waals surface area contributed by atoms with E-state index < -0.39 is 6.10 Å². The second kappa shape index (κ2) is 6.50. The molecule has 2 aromatic heterocycles. The summed E-state index contributed by atoms with van der Waals surface area (Å²) in [5.41, 5.74) is 1.17. The number of aromatic nitrogens is 2. The number of aliphatic hydroxyl groups excluding tert-OH is 1. The van der Waals surface area contributed by atoms with E-state index in [1.54, 1.807) is 30.6 Å². The van der Waals surface area contributed by atoms with Crippen LogP contribution in [0.15, 0.2) is 36.8 Å². The Balaban J connectivity index is 2.18. The summed E-state index contributed by atoms with van der Waals surface area (Å²) in [6.07, 6.45) is 4.81. The number of nitrogens with zero attached hydrogens (tertiary/aromatic N) is 2. The van der Waals surface area contributed by atoms with Crippen molar-refractivity contribution >= 4 is 11.6 Å². The molecule has 2 heterocycles. The second-order valence-electron chi connectivity index (χ2n) is 4.11. The fourth-order valence-corrected chi connectivity index (χ4v) is 1.72. The van der Waals surface area contributed by atoms with Crippen molar-refractivity contribution in [1.82, 2.24) is 9.97 Å². The first kappa shape index (κ1) is 13.8. The standard InChI is InChI=1S/C14H15ClN2O2/c1-2-5-19-12-6-10(7-16-9-12)14(18)13-4-3-11(15)8-17-13/h3-4,6-9,14,18H,2,5H2,1H3. The largest absolute Gasteiger partial charge is 0.492 e. The van der Waals surface area contributed by atoms with E-state index in [9.17, 15) is 5.11 Å². The minimum atomic E-state index is -0.838. The maximum atomic E-state index is 10.2. The highest BCUT2D eigenvalue weighted by molar-refractivity contribution is 6.30. The molecule has 0 saturated heterocycles. The molecule has 1 N–H and O–H groups in total. The first-order valence-electron chi connectivity index (χ1n) is 6.08. The molecular weight excluding hydrogens is 264 g/mol. The van der Waals surface area contributed by atoms with E-state index in [0.29, 0.717) is 28.6 Å². The maximum Gasteiger partial charge on any atom is 0.137 e. The summed E-state index contributed by atoms with van der Waals surface area (Å²) in [4.78, 5) is 8.16. The van der Waals surface area contributed by atoms with Crippen molar-refractivity contribution in [3.63, 3.8) is 0 Å². The molecule has 0 aliphatic heterocycles. The summed E-state index contributed by atoms with van der Waals surface area (Å²) in [5.74, 6) is 0.646. The predicted octanol–water partition coefficient (Wildman–Crippen LogP) is 3.00. The Morgan fingerprint density at radius 3 is 2.84 bits per heavy atom. The lowest BCUT2D eigenvalue weighted by atomic mass is 10.1. The van der Waals surface area contributed by atoms with Crippen molar-refractivity contribution in [2.75, 3.05) is 6.61 Å². The van der Waals surface area contributed by atoms with Crippen LogP contribution in [0, 0.1) is 0 Å². The van der Waals surface area contributed by atoms with Gasteiger partial charge in [-0.1, -0.05) is 18.5 Å². The zero-order chi connectivity index (χ0) is 13.7. The van der Waals surface area contributed by atoms with Gasteiger partial charge < -0.3 is 9.84 Å². The van der Waals surface area contributed by atoms with Crippen LogP contribution in [-0.4, -0.2) is 21.7 Å². The molecule has 5 heteroatoms. The Labute approximate surface area is 117 Å². The molecule has 0 spiro atoms. The number of ether oxygens (including phenoxy) is 1. The van der Waals surface area contributed by atoms with Gasteiger partial charge in [0.15, 0.2) is 0 Å². The molecule has 0 bridgehead atoms. The number of pyridine rings is 2. The highest BCUT2D eigenvalue weighted by atomic mass is 35.5. The lowest BCUT2D eigenvalue weighted by Crippen LogP contribution is -2.04. The monoisotopic (exact) mass is 278 g/mol. The van der Waals surface area contributed by atoms with Gasteiger partial charge >= 0.3 is 0 Å². The third-order valence-corrected chi connectivity index (χ3v) is 2.78. The molecule has 100 valence electrons. The summed E-state index contributed by atoms with van der Waals surface area (Å²) < 4.78 is 5.49. The first-order valence-corrected chi connectivity index (χ1v) is 6.45. The van der Waals surface area contributed by atoms with Crippen LogP contribution in [0.1, 0.15) is 30.7 Å². The average Bonchev–Trinajstić information content (AvgIpc) is 2.45. The van der Waals surface area contributed by atoms with E-state index in [1.165, 1.54) is 6.20 Å². The average molecular weight is 279 g/mol. The lowest BCUT2D eigenvalue weighted by Gasteiger charge is -2.11. The van der Waals surface area contributed by atoms with Crippen molar-refractivity contribution in [3.8, 4) is 5.75 Å². The van der Waals surface area contributed by atoms with Gasteiger partial charge in [0, 0.05) is 18.0 Å². The number of aliphatic hydroxyl groups is 1. The third-order valence-electron chi connectivity index (χ3n) is 2.55. The van der Waals surface area contributed by atoms with E-state index in [2.05, 4.69) is 9.97 Å². The molecule has 0 saturated carbocycles. The van der Waals surface area contributed by atoms with Crippen LogP contribution in [0.2, 0.25) is 5.02 Å². The summed E-state index contributed by atoms with van der Waals surface area (Å²) in [6, 6.07) is 5.15. The smallest absolute Gasteiger partial charge is 0.137 e.